The summed E-state index contributed by atoms with van der Waals surface area (Å²) in [4.78, 5) is 11.0. The third-order valence-corrected chi connectivity index (χ3v) is 2.59. The summed E-state index contributed by atoms with van der Waals surface area (Å²) in [6.07, 6.45) is 2.52. The van der Waals surface area contributed by atoms with E-state index in [0.717, 1.165) is 6.42 Å². The van der Waals surface area contributed by atoms with Crippen LogP contribution in [0.5, 0.6) is 0 Å². The van der Waals surface area contributed by atoms with Crippen LogP contribution in [0.4, 0.5) is 0 Å². The van der Waals surface area contributed by atoms with E-state index in [1.54, 1.807) is 0 Å². The molecule has 0 radical (unpaired) electrons. The molecular formula is C9H16O4. The van der Waals surface area contributed by atoms with Gasteiger partial charge in [-0.2, -0.15) is 0 Å². The number of ether oxygens (including phenoxy) is 1. The van der Waals surface area contributed by atoms with Gasteiger partial charge in [-0.1, -0.05) is 0 Å². The van der Waals surface area contributed by atoms with E-state index in [0.29, 0.717) is 32.5 Å². The Morgan fingerprint density at radius 2 is 2.31 bits per heavy atom. The number of carbonyl (C=O) groups is 1. The van der Waals surface area contributed by atoms with Crippen LogP contribution in [0.25, 0.3) is 0 Å². The molecule has 0 spiro atoms. The summed E-state index contributed by atoms with van der Waals surface area (Å²) < 4.78 is 5.18. The van der Waals surface area contributed by atoms with Gasteiger partial charge in [0, 0.05) is 13.2 Å². The van der Waals surface area contributed by atoms with Gasteiger partial charge >= 0.3 is 5.97 Å². The van der Waals surface area contributed by atoms with Crippen molar-refractivity contribution < 1.29 is 19.7 Å². The van der Waals surface area contributed by atoms with Crippen molar-refractivity contribution in [3.8, 4) is 0 Å². The van der Waals surface area contributed by atoms with E-state index in [9.17, 15) is 4.79 Å². The Morgan fingerprint density at radius 1 is 1.54 bits per heavy atom. The zero-order valence-corrected chi connectivity index (χ0v) is 7.66. The fourth-order valence-corrected chi connectivity index (χ4v) is 1.74. The predicted octanol–water partition coefficient (Wildman–Crippen LogP) is 0.640. The molecule has 0 saturated carbocycles. The molecule has 0 aromatic rings. The summed E-state index contributed by atoms with van der Waals surface area (Å²) in [5.41, 5.74) is -0.735. The highest BCUT2D eigenvalue weighted by molar-refractivity contribution is 5.74. The highest BCUT2D eigenvalue weighted by Crippen LogP contribution is 2.33. The van der Waals surface area contributed by atoms with Crippen molar-refractivity contribution in [2.75, 3.05) is 19.8 Å². The molecule has 0 aromatic carbocycles. The van der Waals surface area contributed by atoms with Gasteiger partial charge in [0.1, 0.15) is 0 Å². The van der Waals surface area contributed by atoms with E-state index in [-0.39, 0.29) is 6.61 Å². The predicted molar refractivity (Wildman–Crippen MR) is 46.4 cm³/mol. The largest absolute Gasteiger partial charge is 0.481 e. The SMILES string of the molecule is O=C(O)C1(CCCO)CCCOC1. The topological polar surface area (TPSA) is 66.8 Å². The maximum atomic E-state index is 11.0. The van der Waals surface area contributed by atoms with Gasteiger partial charge in [-0.15, -0.1) is 0 Å². The van der Waals surface area contributed by atoms with Crippen LogP contribution in [0.3, 0.4) is 0 Å². The summed E-state index contributed by atoms with van der Waals surface area (Å²) in [6, 6.07) is 0. The van der Waals surface area contributed by atoms with E-state index < -0.39 is 11.4 Å². The number of hydrogen-bond donors (Lipinski definition) is 2. The number of hydrogen-bond acceptors (Lipinski definition) is 3. The molecule has 1 atom stereocenters. The highest BCUT2D eigenvalue weighted by Gasteiger charge is 2.39. The first-order chi connectivity index (χ1) is 6.21. The van der Waals surface area contributed by atoms with E-state index in [2.05, 4.69) is 0 Å². The first-order valence-corrected chi connectivity index (χ1v) is 4.63. The number of aliphatic hydroxyl groups excluding tert-OH is 1. The van der Waals surface area contributed by atoms with Gasteiger partial charge in [0.25, 0.3) is 0 Å². The van der Waals surface area contributed by atoms with Crippen LogP contribution in [-0.4, -0.2) is 36.0 Å². The monoisotopic (exact) mass is 188 g/mol. The van der Waals surface area contributed by atoms with Crippen LogP contribution in [0.15, 0.2) is 0 Å². The van der Waals surface area contributed by atoms with Crippen LogP contribution in [0.2, 0.25) is 0 Å². The van der Waals surface area contributed by atoms with Gasteiger partial charge in [-0.05, 0) is 25.7 Å². The van der Waals surface area contributed by atoms with E-state index in [1.165, 1.54) is 0 Å². The van der Waals surface area contributed by atoms with Crippen molar-refractivity contribution in [1.29, 1.82) is 0 Å². The summed E-state index contributed by atoms with van der Waals surface area (Å²) in [5, 5.41) is 17.7. The molecule has 0 amide bonds. The fraction of sp³-hybridized carbons (Fsp3) is 0.889. The average molecular weight is 188 g/mol. The fourth-order valence-electron chi connectivity index (χ4n) is 1.74. The summed E-state index contributed by atoms with van der Waals surface area (Å²) in [5.74, 6) is -0.791. The van der Waals surface area contributed by atoms with Gasteiger partial charge in [0.2, 0.25) is 0 Å². The zero-order valence-electron chi connectivity index (χ0n) is 7.66. The Bertz CT molecular complexity index is 172. The molecule has 1 rings (SSSR count). The van der Waals surface area contributed by atoms with Crippen molar-refractivity contribution in [3.63, 3.8) is 0 Å². The van der Waals surface area contributed by atoms with Crippen LogP contribution in [-0.2, 0) is 9.53 Å². The maximum Gasteiger partial charge on any atom is 0.311 e. The average Bonchev–Trinajstić information content (AvgIpc) is 2.16. The van der Waals surface area contributed by atoms with Gasteiger partial charge < -0.3 is 14.9 Å². The minimum Gasteiger partial charge on any atom is -0.481 e. The van der Waals surface area contributed by atoms with Gasteiger partial charge in [-0.3, -0.25) is 4.79 Å². The van der Waals surface area contributed by atoms with Gasteiger partial charge in [0.15, 0.2) is 0 Å². The van der Waals surface area contributed by atoms with Crippen LogP contribution in [0, 0.1) is 5.41 Å². The Balaban J connectivity index is 2.56. The van der Waals surface area contributed by atoms with Crippen molar-refractivity contribution in [2.24, 2.45) is 5.41 Å². The molecule has 1 heterocycles. The summed E-state index contributed by atoms with van der Waals surface area (Å²) >= 11 is 0. The normalized spacial score (nSPS) is 28.7. The highest BCUT2D eigenvalue weighted by atomic mass is 16.5. The maximum absolute atomic E-state index is 11.0. The van der Waals surface area contributed by atoms with Crippen LogP contribution >= 0.6 is 0 Å². The molecule has 1 saturated heterocycles. The molecule has 1 fully saturated rings. The smallest absolute Gasteiger partial charge is 0.311 e. The molecule has 0 aromatic heterocycles. The van der Waals surface area contributed by atoms with E-state index in [1.807, 2.05) is 0 Å². The van der Waals surface area contributed by atoms with Crippen LogP contribution in [0.1, 0.15) is 25.7 Å². The lowest BCUT2D eigenvalue weighted by Gasteiger charge is -2.32. The van der Waals surface area contributed by atoms with Gasteiger partial charge in [-0.25, -0.2) is 0 Å². The molecule has 4 nitrogen and oxygen atoms in total. The number of rotatable bonds is 4. The molecule has 1 aliphatic rings. The number of aliphatic hydroxyl groups is 1. The second-order valence-electron chi connectivity index (χ2n) is 3.57. The molecule has 1 unspecified atom stereocenters. The summed E-state index contributed by atoms with van der Waals surface area (Å²) in [6.45, 7) is 1.01. The molecule has 0 bridgehead atoms. The van der Waals surface area contributed by atoms with Crippen LogP contribution < -0.4 is 0 Å². The second kappa shape index (κ2) is 4.58. The van der Waals surface area contributed by atoms with E-state index in [4.69, 9.17) is 14.9 Å². The van der Waals surface area contributed by atoms with E-state index >= 15 is 0 Å². The lowest BCUT2D eigenvalue weighted by molar-refractivity contribution is -0.158. The molecule has 2 N–H and O–H groups in total. The first kappa shape index (κ1) is 10.5. The lowest BCUT2D eigenvalue weighted by Crippen LogP contribution is -2.39. The minimum absolute atomic E-state index is 0.0506. The number of aliphatic carboxylic acids is 1. The van der Waals surface area contributed by atoms with Crippen molar-refractivity contribution in [2.45, 2.75) is 25.7 Å². The van der Waals surface area contributed by atoms with Crippen molar-refractivity contribution >= 4 is 5.97 Å². The molecule has 1 aliphatic heterocycles. The van der Waals surface area contributed by atoms with Gasteiger partial charge in [0.05, 0.1) is 12.0 Å². The molecule has 13 heavy (non-hydrogen) atoms. The molecule has 76 valence electrons. The standard InChI is InChI=1S/C9H16O4/c10-5-1-3-9(8(11)12)4-2-6-13-7-9/h10H,1-7H2,(H,11,12). The number of carboxylic acids is 1. The first-order valence-electron chi connectivity index (χ1n) is 4.63. The zero-order chi connectivity index (χ0) is 9.73. The quantitative estimate of drug-likeness (QED) is 0.679. The summed E-state index contributed by atoms with van der Waals surface area (Å²) in [7, 11) is 0. The molecule has 0 aliphatic carbocycles. The Labute approximate surface area is 77.5 Å². The third kappa shape index (κ3) is 2.42. The molecular weight excluding hydrogens is 172 g/mol. The van der Waals surface area contributed by atoms with Crippen molar-refractivity contribution in [3.05, 3.63) is 0 Å². The lowest BCUT2D eigenvalue weighted by atomic mass is 9.78. The third-order valence-electron chi connectivity index (χ3n) is 2.59. The second-order valence-corrected chi connectivity index (χ2v) is 3.57. The Hall–Kier alpha value is -0.610. The minimum atomic E-state index is -0.791. The Kier molecular flexibility index (Phi) is 3.69. The number of carboxylic acid groups (broad SMARTS) is 1. The Morgan fingerprint density at radius 3 is 2.77 bits per heavy atom. The van der Waals surface area contributed by atoms with Crippen molar-refractivity contribution in [1.82, 2.24) is 0 Å². The molecule has 4 heteroatoms.